The second kappa shape index (κ2) is 6.90. The molecule has 28 heavy (non-hydrogen) atoms. The predicted molar refractivity (Wildman–Crippen MR) is 107 cm³/mol. The molecule has 7 nitrogen and oxygen atoms in total. The summed E-state index contributed by atoms with van der Waals surface area (Å²) in [6, 6.07) is 7.89. The van der Waals surface area contributed by atoms with Crippen LogP contribution in [0.25, 0.3) is 10.2 Å². The smallest absolute Gasteiger partial charge is 0.331 e. The average Bonchev–Trinajstić information content (AvgIpc) is 3.16. The van der Waals surface area contributed by atoms with Crippen molar-refractivity contribution in [3.63, 3.8) is 0 Å². The molecule has 0 atom stereocenters. The number of hydrogen-bond acceptors (Lipinski definition) is 5. The maximum atomic E-state index is 13.1. The normalized spacial score (nSPS) is 14.7. The third-order valence-corrected chi connectivity index (χ3v) is 6.29. The van der Waals surface area contributed by atoms with E-state index in [4.69, 9.17) is 0 Å². The van der Waals surface area contributed by atoms with Crippen LogP contribution >= 0.6 is 11.3 Å². The summed E-state index contributed by atoms with van der Waals surface area (Å²) in [6.45, 7) is 2.34. The first-order valence-electron chi connectivity index (χ1n) is 8.86. The van der Waals surface area contributed by atoms with Gasteiger partial charge in [0.2, 0.25) is 0 Å². The highest BCUT2D eigenvalue weighted by atomic mass is 32.1. The number of nitrogens with zero attached hydrogens (tertiary/aromatic N) is 4. The van der Waals surface area contributed by atoms with Gasteiger partial charge in [-0.3, -0.25) is 18.7 Å². The van der Waals surface area contributed by atoms with Gasteiger partial charge in [0, 0.05) is 46.0 Å². The quantitative estimate of drug-likeness (QED) is 0.650. The molecule has 0 radical (unpaired) electrons. The highest BCUT2D eigenvalue weighted by Gasteiger charge is 2.25. The van der Waals surface area contributed by atoms with Crippen molar-refractivity contribution in [2.45, 2.75) is 0 Å². The molecule has 1 aromatic carbocycles. The number of fused-ring (bicyclic) bond motifs is 1. The van der Waals surface area contributed by atoms with Crippen LogP contribution in [0.4, 0.5) is 10.1 Å². The molecular weight excluding hydrogens is 383 g/mol. The predicted octanol–water partition coefficient (Wildman–Crippen LogP) is 1.40. The molecule has 1 aliphatic heterocycles. The molecule has 1 fully saturated rings. The number of amides is 1. The summed E-state index contributed by atoms with van der Waals surface area (Å²) in [5, 5.41) is 0.378. The van der Waals surface area contributed by atoms with Crippen LogP contribution in [0.2, 0.25) is 0 Å². The number of hydrogen-bond donors (Lipinski definition) is 0. The Kier molecular flexibility index (Phi) is 4.54. The standard InChI is InChI=1S/C19H19FN4O3S/c1-21-16(25)14-11-15(28-18(14)22(2)19(21)27)17(26)24-9-7-23(8-10-24)13-5-3-12(20)4-6-13/h3-6,11H,7-10H2,1-2H3. The second-order valence-electron chi connectivity index (χ2n) is 6.79. The Morgan fingerprint density at radius 3 is 2.29 bits per heavy atom. The number of carbonyl (C=O) groups excluding carboxylic acids is 1. The molecule has 4 rings (SSSR count). The number of benzene rings is 1. The van der Waals surface area contributed by atoms with E-state index in [-0.39, 0.29) is 11.7 Å². The molecule has 0 saturated carbocycles. The molecule has 9 heteroatoms. The fourth-order valence-corrected chi connectivity index (χ4v) is 4.52. The van der Waals surface area contributed by atoms with Gasteiger partial charge in [0.05, 0.1) is 10.3 Å². The maximum Gasteiger partial charge on any atom is 0.331 e. The molecule has 0 bridgehead atoms. The summed E-state index contributed by atoms with van der Waals surface area (Å²) in [4.78, 5) is 42.1. The fourth-order valence-electron chi connectivity index (χ4n) is 3.44. The molecule has 0 aliphatic carbocycles. The summed E-state index contributed by atoms with van der Waals surface area (Å²) in [5.74, 6) is -0.419. The van der Waals surface area contributed by atoms with E-state index in [0.29, 0.717) is 41.3 Å². The Hall–Kier alpha value is -2.94. The van der Waals surface area contributed by atoms with Crippen molar-refractivity contribution in [3.8, 4) is 0 Å². The Morgan fingerprint density at radius 1 is 1.00 bits per heavy atom. The van der Waals surface area contributed by atoms with Gasteiger partial charge in [-0.2, -0.15) is 0 Å². The van der Waals surface area contributed by atoms with Crippen molar-refractivity contribution in [3.05, 3.63) is 61.9 Å². The first-order chi connectivity index (χ1) is 13.4. The largest absolute Gasteiger partial charge is 0.368 e. The lowest BCUT2D eigenvalue weighted by Crippen LogP contribution is -2.48. The highest BCUT2D eigenvalue weighted by Crippen LogP contribution is 2.24. The number of piperazine rings is 1. The van der Waals surface area contributed by atoms with Crippen molar-refractivity contribution in [2.24, 2.45) is 14.1 Å². The van der Waals surface area contributed by atoms with Crippen LogP contribution in [-0.4, -0.2) is 46.1 Å². The van der Waals surface area contributed by atoms with Gasteiger partial charge < -0.3 is 9.80 Å². The zero-order chi connectivity index (χ0) is 20.0. The number of thiophene rings is 1. The van der Waals surface area contributed by atoms with E-state index in [9.17, 15) is 18.8 Å². The molecule has 3 aromatic rings. The van der Waals surface area contributed by atoms with Crippen LogP contribution in [0.1, 0.15) is 9.67 Å². The van der Waals surface area contributed by atoms with E-state index in [2.05, 4.69) is 4.90 Å². The molecule has 0 spiro atoms. The van der Waals surface area contributed by atoms with Crippen molar-refractivity contribution >= 4 is 33.1 Å². The van der Waals surface area contributed by atoms with Crippen LogP contribution in [-0.2, 0) is 14.1 Å². The molecule has 1 amide bonds. The minimum Gasteiger partial charge on any atom is -0.368 e. The molecule has 2 aromatic heterocycles. The molecule has 3 heterocycles. The zero-order valence-electron chi connectivity index (χ0n) is 15.5. The van der Waals surface area contributed by atoms with E-state index in [1.165, 1.54) is 23.7 Å². The number of aromatic nitrogens is 2. The third kappa shape index (κ3) is 3.01. The van der Waals surface area contributed by atoms with E-state index in [0.717, 1.165) is 21.6 Å². The van der Waals surface area contributed by atoms with Gasteiger partial charge in [0.1, 0.15) is 10.6 Å². The van der Waals surface area contributed by atoms with Gasteiger partial charge >= 0.3 is 5.69 Å². The van der Waals surface area contributed by atoms with Crippen LogP contribution < -0.4 is 16.1 Å². The van der Waals surface area contributed by atoms with Gasteiger partial charge in [-0.25, -0.2) is 9.18 Å². The van der Waals surface area contributed by atoms with Gasteiger partial charge in [0.25, 0.3) is 11.5 Å². The average molecular weight is 402 g/mol. The lowest BCUT2D eigenvalue weighted by Gasteiger charge is -2.36. The molecule has 0 unspecified atom stereocenters. The molecule has 0 N–H and O–H groups in total. The van der Waals surface area contributed by atoms with Gasteiger partial charge in [-0.15, -0.1) is 11.3 Å². The monoisotopic (exact) mass is 402 g/mol. The minimum atomic E-state index is -0.411. The number of aryl methyl sites for hydroxylation is 1. The number of halogens is 1. The van der Waals surface area contributed by atoms with Gasteiger partial charge in [-0.1, -0.05) is 0 Å². The van der Waals surface area contributed by atoms with Gasteiger partial charge in [-0.05, 0) is 30.3 Å². The van der Waals surface area contributed by atoms with Crippen LogP contribution in [0.5, 0.6) is 0 Å². The van der Waals surface area contributed by atoms with Crippen LogP contribution in [0.3, 0.4) is 0 Å². The second-order valence-corrected chi connectivity index (χ2v) is 7.82. The SMILES string of the molecule is Cn1c(=O)c2cc(C(=O)N3CCN(c4ccc(F)cc4)CC3)sc2n(C)c1=O. The molecule has 1 saturated heterocycles. The number of anilines is 1. The minimum absolute atomic E-state index is 0.144. The Balaban J connectivity index is 1.55. The Morgan fingerprint density at radius 2 is 1.64 bits per heavy atom. The summed E-state index contributed by atoms with van der Waals surface area (Å²) in [7, 11) is 3.02. The first kappa shape index (κ1) is 18.4. The lowest BCUT2D eigenvalue weighted by molar-refractivity contribution is 0.0751. The van der Waals surface area contributed by atoms with E-state index >= 15 is 0 Å². The number of carbonyl (C=O) groups is 1. The Bertz CT molecular complexity index is 1170. The summed E-state index contributed by atoms with van der Waals surface area (Å²) in [6.07, 6.45) is 0. The van der Waals surface area contributed by atoms with Crippen molar-refractivity contribution in [1.82, 2.24) is 14.0 Å². The van der Waals surface area contributed by atoms with Crippen LogP contribution in [0.15, 0.2) is 39.9 Å². The van der Waals surface area contributed by atoms with Crippen molar-refractivity contribution < 1.29 is 9.18 Å². The fraction of sp³-hybridized carbons (Fsp3) is 0.316. The van der Waals surface area contributed by atoms with Crippen LogP contribution in [0, 0.1) is 5.82 Å². The molecular formula is C19H19FN4O3S. The zero-order valence-corrected chi connectivity index (χ0v) is 16.3. The Labute approximate surface area is 163 Å². The van der Waals surface area contributed by atoms with E-state index in [1.807, 2.05) is 0 Å². The summed E-state index contributed by atoms with van der Waals surface area (Å²) >= 11 is 1.16. The topological polar surface area (TPSA) is 67.6 Å². The highest BCUT2D eigenvalue weighted by molar-refractivity contribution is 7.20. The van der Waals surface area contributed by atoms with E-state index < -0.39 is 11.2 Å². The van der Waals surface area contributed by atoms with E-state index in [1.54, 1.807) is 30.1 Å². The van der Waals surface area contributed by atoms with Gasteiger partial charge in [0.15, 0.2) is 0 Å². The molecule has 1 aliphatic rings. The van der Waals surface area contributed by atoms with Crippen molar-refractivity contribution in [2.75, 3.05) is 31.1 Å². The maximum absolute atomic E-state index is 13.1. The molecule has 146 valence electrons. The summed E-state index contributed by atoms with van der Waals surface area (Å²) in [5.41, 5.74) is 0.120. The van der Waals surface area contributed by atoms with Crippen molar-refractivity contribution in [1.29, 1.82) is 0 Å². The number of rotatable bonds is 2. The summed E-state index contributed by atoms with van der Waals surface area (Å²) < 4.78 is 15.5. The first-order valence-corrected chi connectivity index (χ1v) is 9.68. The lowest BCUT2D eigenvalue weighted by atomic mass is 10.2. The third-order valence-electron chi connectivity index (χ3n) is 5.10.